The van der Waals surface area contributed by atoms with Crippen LogP contribution in [0.3, 0.4) is 0 Å². The van der Waals surface area contributed by atoms with Gasteiger partial charge in [0.1, 0.15) is 0 Å². The predicted molar refractivity (Wildman–Crippen MR) is 99.6 cm³/mol. The molecule has 0 aliphatic carbocycles. The third kappa shape index (κ3) is 3.02. The van der Waals surface area contributed by atoms with Gasteiger partial charge in [0.15, 0.2) is 0 Å². The van der Waals surface area contributed by atoms with Crippen LogP contribution in [0.15, 0.2) is 54.6 Å². The molecule has 0 unspecified atom stereocenters. The Balaban J connectivity index is 1.69. The summed E-state index contributed by atoms with van der Waals surface area (Å²) in [4.78, 5) is 16.1. The Bertz CT molecular complexity index is 730. The van der Waals surface area contributed by atoms with Crippen LogP contribution in [0, 0.1) is 0 Å². The Morgan fingerprint density at radius 2 is 1.52 bits per heavy atom. The maximum atomic E-state index is 11.2. The Kier molecular flexibility index (Phi) is 4.22. The smallest absolute Gasteiger partial charge is 0.335 e. The molecule has 0 aromatic heterocycles. The van der Waals surface area contributed by atoms with E-state index in [0.29, 0.717) is 23.7 Å². The van der Waals surface area contributed by atoms with Crippen LogP contribution < -0.4 is 4.90 Å². The first-order valence-electron chi connectivity index (χ1n) is 9.03. The molecule has 25 heavy (non-hydrogen) atoms. The number of para-hydroxylation sites is 1. The lowest BCUT2D eigenvalue weighted by atomic mass is 9.95. The Hall–Kier alpha value is -2.33. The van der Waals surface area contributed by atoms with E-state index in [0.717, 1.165) is 18.5 Å². The minimum Gasteiger partial charge on any atom is -0.478 e. The maximum absolute atomic E-state index is 11.2. The SMILES string of the molecule is CN1[C@@H]2CC[C@H]1C[C@H](N(c1ccccc1)c1ccc(C(=O)O)cc1)C2. The van der Waals surface area contributed by atoms with Gasteiger partial charge in [-0.1, -0.05) is 18.2 Å². The van der Waals surface area contributed by atoms with Crippen molar-refractivity contribution < 1.29 is 9.90 Å². The second-order valence-corrected chi connectivity index (χ2v) is 7.23. The number of hydrogen-bond acceptors (Lipinski definition) is 3. The molecule has 1 N–H and O–H groups in total. The minimum absolute atomic E-state index is 0.334. The van der Waals surface area contributed by atoms with E-state index in [9.17, 15) is 4.79 Å². The second-order valence-electron chi connectivity index (χ2n) is 7.23. The Morgan fingerprint density at radius 3 is 2.08 bits per heavy atom. The molecule has 0 saturated carbocycles. The molecule has 2 aromatic carbocycles. The van der Waals surface area contributed by atoms with Gasteiger partial charge < -0.3 is 14.9 Å². The van der Waals surface area contributed by atoms with Gasteiger partial charge in [-0.05, 0) is 69.1 Å². The largest absolute Gasteiger partial charge is 0.478 e. The van der Waals surface area contributed by atoms with Crippen LogP contribution in [-0.2, 0) is 0 Å². The van der Waals surface area contributed by atoms with Crippen LogP contribution in [0.4, 0.5) is 11.4 Å². The maximum Gasteiger partial charge on any atom is 0.335 e. The number of carbonyl (C=O) groups is 1. The zero-order valence-corrected chi connectivity index (χ0v) is 14.5. The molecule has 2 bridgehead atoms. The summed E-state index contributed by atoms with van der Waals surface area (Å²) in [7, 11) is 2.26. The van der Waals surface area contributed by atoms with Crippen molar-refractivity contribution in [3.05, 3.63) is 60.2 Å². The average molecular weight is 336 g/mol. The molecule has 4 nitrogen and oxygen atoms in total. The number of anilines is 2. The number of carboxylic acids is 1. The second kappa shape index (κ2) is 6.52. The van der Waals surface area contributed by atoms with Gasteiger partial charge >= 0.3 is 5.97 Å². The standard InChI is InChI=1S/C21H24N2O2/c1-22-18-11-12-19(22)14-20(13-18)23(16-5-3-2-4-6-16)17-9-7-15(8-10-17)21(24)25/h2-10,18-20H,11-14H2,1H3,(H,24,25)/t18-,19+,20-. The van der Waals surface area contributed by atoms with Crippen molar-refractivity contribution in [3.63, 3.8) is 0 Å². The van der Waals surface area contributed by atoms with Gasteiger partial charge in [-0.2, -0.15) is 0 Å². The summed E-state index contributed by atoms with van der Waals surface area (Å²) < 4.78 is 0. The van der Waals surface area contributed by atoms with E-state index < -0.39 is 5.97 Å². The van der Waals surface area contributed by atoms with E-state index in [2.05, 4.69) is 41.1 Å². The number of piperidine rings is 1. The van der Waals surface area contributed by atoms with Crippen molar-refractivity contribution in [1.82, 2.24) is 4.90 Å². The van der Waals surface area contributed by atoms with E-state index in [-0.39, 0.29) is 0 Å². The van der Waals surface area contributed by atoms with Gasteiger partial charge in [0.25, 0.3) is 0 Å². The summed E-state index contributed by atoms with van der Waals surface area (Å²) in [6.45, 7) is 0. The molecule has 0 spiro atoms. The zero-order valence-electron chi connectivity index (χ0n) is 14.5. The van der Waals surface area contributed by atoms with Crippen LogP contribution in [0.5, 0.6) is 0 Å². The zero-order chi connectivity index (χ0) is 17.4. The van der Waals surface area contributed by atoms with E-state index in [1.165, 1.54) is 18.5 Å². The van der Waals surface area contributed by atoms with E-state index >= 15 is 0 Å². The fourth-order valence-corrected chi connectivity index (χ4v) is 4.52. The van der Waals surface area contributed by atoms with Crippen LogP contribution in [0.1, 0.15) is 36.0 Å². The lowest BCUT2D eigenvalue weighted by Gasteiger charge is -2.43. The first-order valence-corrected chi connectivity index (χ1v) is 9.03. The van der Waals surface area contributed by atoms with Gasteiger partial charge in [-0.3, -0.25) is 0 Å². The summed E-state index contributed by atoms with van der Waals surface area (Å²) >= 11 is 0. The Labute approximate surface area is 148 Å². The number of fused-ring (bicyclic) bond motifs is 2. The topological polar surface area (TPSA) is 43.8 Å². The fourth-order valence-electron chi connectivity index (χ4n) is 4.52. The molecule has 2 fully saturated rings. The molecule has 2 heterocycles. The Morgan fingerprint density at radius 1 is 0.960 bits per heavy atom. The van der Waals surface area contributed by atoms with Gasteiger partial charge in [-0.15, -0.1) is 0 Å². The third-order valence-corrected chi connectivity index (χ3v) is 5.87. The molecule has 2 aliphatic rings. The highest BCUT2D eigenvalue weighted by Crippen LogP contribution is 2.40. The highest BCUT2D eigenvalue weighted by Gasteiger charge is 2.40. The number of hydrogen-bond donors (Lipinski definition) is 1. The van der Waals surface area contributed by atoms with Crippen molar-refractivity contribution >= 4 is 17.3 Å². The third-order valence-electron chi connectivity index (χ3n) is 5.87. The number of benzene rings is 2. The number of rotatable bonds is 4. The molecule has 2 aliphatic heterocycles. The first-order chi connectivity index (χ1) is 12.1. The van der Waals surface area contributed by atoms with Crippen molar-refractivity contribution in [3.8, 4) is 0 Å². The summed E-state index contributed by atoms with van der Waals surface area (Å²) in [5, 5.41) is 9.17. The molecule has 2 aromatic rings. The number of nitrogens with zero attached hydrogens (tertiary/aromatic N) is 2. The molecule has 4 heteroatoms. The van der Waals surface area contributed by atoms with Crippen LogP contribution >= 0.6 is 0 Å². The molecule has 0 radical (unpaired) electrons. The lowest BCUT2D eigenvalue weighted by Crippen LogP contribution is -2.47. The van der Waals surface area contributed by atoms with Crippen LogP contribution in [0.25, 0.3) is 0 Å². The van der Waals surface area contributed by atoms with Gasteiger partial charge in [0.2, 0.25) is 0 Å². The number of carboxylic acid groups (broad SMARTS) is 1. The molecule has 130 valence electrons. The van der Waals surface area contributed by atoms with E-state index in [4.69, 9.17) is 5.11 Å². The van der Waals surface area contributed by atoms with Gasteiger partial charge in [0.05, 0.1) is 5.56 Å². The number of aromatic carboxylic acids is 1. The molecule has 2 saturated heterocycles. The van der Waals surface area contributed by atoms with E-state index in [1.54, 1.807) is 12.1 Å². The molecule has 0 amide bonds. The molecular formula is C21H24N2O2. The molecular weight excluding hydrogens is 312 g/mol. The molecule has 4 rings (SSSR count). The quantitative estimate of drug-likeness (QED) is 0.911. The average Bonchev–Trinajstić information content (AvgIpc) is 2.84. The van der Waals surface area contributed by atoms with Crippen LogP contribution in [-0.4, -0.2) is 41.1 Å². The van der Waals surface area contributed by atoms with Gasteiger partial charge in [0, 0.05) is 29.5 Å². The van der Waals surface area contributed by atoms with Crippen molar-refractivity contribution in [2.45, 2.75) is 43.8 Å². The normalized spacial score (nSPS) is 25.7. The van der Waals surface area contributed by atoms with Gasteiger partial charge in [-0.25, -0.2) is 4.79 Å². The van der Waals surface area contributed by atoms with Crippen LogP contribution in [0.2, 0.25) is 0 Å². The molecule has 3 atom stereocenters. The summed E-state index contributed by atoms with van der Waals surface area (Å²) in [6.07, 6.45) is 4.89. The van der Waals surface area contributed by atoms with Crippen molar-refractivity contribution in [1.29, 1.82) is 0 Å². The first kappa shape index (κ1) is 16.2. The summed E-state index contributed by atoms with van der Waals surface area (Å²) in [6, 6.07) is 19.5. The summed E-state index contributed by atoms with van der Waals surface area (Å²) in [5.41, 5.74) is 2.59. The minimum atomic E-state index is -0.879. The fraction of sp³-hybridized carbons (Fsp3) is 0.381. The highest BCUT2D eigenvalue weighted by atomic mass is 16.4. The predicted octanol–water partition coefficient (Wildman–Crippen LogP) is 4.15. The lowest BCUT2D eigenvalue weighted by molar-refractivity contribution is 0.0697. The van der Waals surface area contributed by atoms with Crippen molar-refractivity contribution in [2.75, 3.05) is 11.9 Å². The highest BCUT2D eigenvalue weighted by molar-refractivity contribution is 5.88. The monoisotopic (exact) mass is 336 g/mol. The van der Waals surface area contributed by atoms with Crippen molar-refractivity contribution in [2.24, 2.45) is 0 Å². The summed E-state index contributed by atoms with van der Waals surface area (Å²) in [5.74, 6) is -0.879. The van der Waals surface area contributed by atoms with E-state index in [1.807, 2.05) is 18.2 Å².